The highest BCUT2D eigenvalue weighted by Gasteiger charge is 2.30. The molecule has 0 bridgehead atoms. The maximum Gasteiger partial charge on any atom is 0.416 e. The van der Waals surface area contributed by atoms with Crippen LogP contribution in [0.25, 0.3) is 0 Å². The molecular weight excluding hydrogens is 373 g/mol. The minimum atomic E-state index is -4.37. The Bertz CT molecular complexity index is 844. The van der Waals surface area contributed by atoms with Gasteiger partial charge in [0.1, 0.15) is 5.01 Å². The van der Waals surface area contributed by atoms with E-state index in [0.717, 1.165) is 22.8 Å². The Kier molecular flexibility index (Phi) is 7.25. The molecule has 1 aromatic heterocycles. The average molecular weight is 394 g/mol. The van der Waals surface area contributed by atoms with Gasteiger partial charge in [-0.1, -0.05) is 31.8 Å². The first-order valence-electron chi connectivity index (χ1n) is 8.34. The number of thiazole rings is 1. The van der Waals surface area contributed by atoms with Crippen LogP contribution in [0, 0.1) is 11.8 Å². The van der Waals surface area contributed by atoms with Gasteiger partial charge >= 0.3 is 6.18 Å². The Hall–Kier alpha value is -2.53. The smallest absolute Gasteiger partial charge is 0.350 e. The van der Waals surface area contributed by atoms with E-state index < -0.39 is 11.7 Å². The molecule has 2 aromatic rings. The predicted octanol–water partition coefficient (Wildman–Crippen LogP) is 4.00. The molecule has 0 fully saturated rings. The Labute approximate surface area is 160 Å². The van der Waals surface area contributed by atoms with E-state index in [2.05, 4.69) is 46.3 Å². The van der Waals surface area contributed by atoms with Crippen molar-refractivity contribution in [2.45, 2.75) is 32.5 Å². The molecule has 0 aliphatic carbocycles. The zero-order valence-electron chi connectivity index (χ0n) is 15.3. The number of hydrogen-bond acceptors (Lipinski definition) is 3. The van der Waals surface area contributed by atoms with E-state index in [0.29, 0.717) is 24.0 Å². The molecule has 27 heavy (non-hydrogen) atoms. The Morgan fingerprint density at radius 2 is 2.07 bits per heavy atom. The van der Waals surface area contributed by atoms with Crippen molar-refractivity contribution in [1.29, 1.82) is 0 Å². The summed E-state index contributed by atoms with van der Waals surface area (Å²) in [5.74, 6) is 6.46. The minimum absolute atomic E-state index is 0.255. The minimum Gasteiger partial charge on any atom is -0.350 e. The zero-order chi connectivity index (χ0) is 19.9. The van der Waals surface area contributed by atoms with Gasteiger partial charge in [-0.3, -0.25) is 4.99 Å². The molecule has 0 radical (unpaired) electrons. The molecule has 144 valence electrons. The number of benzene rings is 1. The SMILES string of the molecule is CN=C(NCC#Cc1cccc(C(F)(F)F)c1)NCc1nc(C(C)C)cs1. The second-order valence-electron chi connectivity index (χ2n) is 5.98. The number of aliphatic imine (C=N–C) groups is 1. The first-order valence-corrected chi connectivity index (χ1v) is 9.22. The maximum atomic E-state index is 12.7. The first-order chi connectivity index (χ1) is 12.8. The van der Waals surface area contributed by atoms with Crippen LogP contribution in [-0.4, -0.2) is 24.5 Å². The molecule has 2 rings (SSSR count). The highest BCUT2D eigenvalue weighted by atomic mass is 32.1. The maximum absolute atomic E-state index is 12.7. The Morgan fingerprint density at radius 3 is 2.70 bits per heavy atom. The summed E-state index contributed by atoms with van der Waals surface area (Å²) in [4.78, 5) is 8.62. The number of guanidine groups is 1. The standard InChI is InChI=1S/C19H21F3N4S/c1-13(2)16-12-27-17(26-16)11-25-18(23-3)24-9-5-7-14-6-4-8-15(10-14)19(20,21)22/h4,6,8,10,12-13H,9,11H2,1-3H3,(H2,23,24,25). The molecule has 0 saturated heterocycles. The summed E-state index contributed by atoms with van der Waals surface area (Å²) >= 11 is 1.58. The van der Waals surface area contributed by atoms with Crippen LogP contribution >= 0.6 is 11.3 Å². The molecule has 0 saturated carbocycles. The molecule has 1 aromatic carbocycles. The van der Waals surface area contributed by atoms with Crippen LogP contribution in [0.1, 0.15) is 41.6 Å². The molecule has 2 N–H and O–H groups in total. The number of halogens is 3. The number of rotatable bonds is 4. The van der Waals surface area contributed by atoms with Gasteiger partial charge in [0, 0.05) is 18.0 Å². The van der Waals surface area contributed by atoms with Crippen molar-refractivity contribution < 1.29 is 13.2 Å². The van der Waals surface area contributed by atoms with Gasteiger partial charge in [0.05, 0.1) is 24.3 Å². The number of alkyl halides is 3. The highest BCUT2D eigenvalue weighted by molar-refractivity contribution is 7.09. The third-order valence-corrected chi connectivity index (χ3v) is 4.43. The Morgan fingerprint density at radius 1 is 1.30 bits per heavy atom. The summed E-state index contributed by atoms with van der Waals surface area (Å²) in [6, 6.07) is 4.96. The topological polar surface area (TPSA) is 49.3 Å². The number of nitrogens with one attached hydrogen (secondary N) is 2. The lowest BCUT2D eigenvalue weighted by molar-refractivity contribution is -0.137. The van der Waals surface area contributed by atoms with Crippen LogP contribution in [-0.2, 0) is 12.7 Å². The van der Waals surface area contributed by atoms with Crippen LogP contribution in [0.2, 0.25) is 0 Å². The zero-order valence-corrected chi connectivity index (χ0v) is 16.1. The molecule has 8 heteroatoms. The summed E-state index contributed by atoms with van der Waals surface area (Å²) in [5.41, 5.74) is 0.675. The van der Waals surface area contributed by atoms with E-state index in [1.54, 1.807) is 24.5 Å². The van der Waals surface area contributed by atoms with Crippen molar-refractivity contribution in [1.82, 2.24) is 15.6 Å². The molecule has 0 amide bonds. The predicted molar refractivity (Wildman–Crippen MR) is 103 cm³/mol. The lowest BCUT2D eigenvalue weighted by atomic mass is 10.1. The average Bonchev–Trinajstić information content (AvgIpc) is 3.10. The second kappa shape index (κ2) is 9.42. The monoisotopic (exact) mass is 394 g/mol. The third kappa shape index (κ3) is 6.61. The molecule has 0 atom stereocenters. The van der Waals surface area contributed by atoms with Crippen LogP contribution in [0.15, 0.2) is 34.6 Å². The van der Waals surface area contributed by atoms with Gasteiger partial charge in [-0.2, -0.15) is 13.2 Å². The molecule has 0 aliphatic heterocycles. The molecule has 0 aliphatic rings. The summed E-state index contributed by atoms with van der Waals surface area (Å²) in [6.45, 7) is 4.98. The molecule has 4 nitrogen and oxygen atoms in total. The summed E-state index contributed by atoms with van der Waals surface area (Å²) in [7, 11) is 1.64. The van der Waals surface area contributed by atoms with Crippen molar-refractivity contribution in [3.8, 4) is 11.8 Å². The van der Waals surface area contributed by atoms with E-state index in [4.69, 9.17) is 0 Å². The molecule has 0 spiro atoms. The normalized spacial score (nSPS) is 11.9. The van der Waals surface area contributed by atoms with E-state index in [-0.39, 0.29) is 6.54 Å². The second-order valence-corrected chi connectivity index (χ2v) is 6.92. The molecule has 0 unspecified atom stereocenters. The van der Waals surface area contributed by atoms with Crippen molar-refractivity contribution in [2.24, 2.45) is 4.99 Å². The van der Waals surface area contributed by atoms with Gasteiger partial charge in [0.25, 0.3) is 0 Å². The van der Waals surface area contributed by atoms with Crippen LogP contribution in [0.3, 0.4) is 0 Å². The lowest BCUT2D eigenvalue weighted by Gasteiger charge is -2.08. The summed E-state index contributed by atoms with van der Waals surface area (Å²) in [5, 5.41) is 9.14. The van der Waals surface area contributed by atoms with Crippen LogP contribution in [0.4, 0.5) is 13.2 Å². The third-order valence-electron chi connectivity index (χ3n) is 3.56. The van der Waals surface area contributed by atoms with Crippen molar-refractivity contribution in [3.05, 3.63) is 51.5 Å². The summed E-state index contributed by atoms with van der Waals surface area (Å²) in [6.07, 6.45) is -4.37. The molecule has 1 heterocycles. The van der Waals surface area contributed by atoms with Crippen molar-refractivity contribution >= 4 is 17.3 Å². The lowest BCUT2D eigenvalue weighted by Crippen LogP contribution is -2.36. The van der Waals surface area contributed by atoms with Gasteiger partial charge in [-0.05, 0) is 24.1 Å². The summed E-state index contributed by atoms with van der Waals surface area (Å²) < 4.78 is 38.1. The fourth-order valence-electron chi connectivity index (χ4n) is 2.10. The van der Waals surface area contributed by atoms with Crippen LogP contribution < -0.4 is 10.6 Å². The Balaban J connectivity index is 1.86. The number of nitrogens with zero attached hydrogens (tertiary/aromatic N) is 2. The highest BCUT2D eigenvalue weighted by Crippen LogP contribution is 2.29. The van der Waals surface area contributed by atoms with Gasteiger partial charge < -0.3 is 10.6 Å². The fourth-order valence-corrected chi connectivity index (χ4v) is 2.99. The van der Waals surface area contributed by atoms with E-state index >= 15 is 0 Å². The molecular formula is C19H21F3N4S. The van der Waals surface area contributed by atoms with E-state index in [9.17, 15) is 13.2 Å². The number of aromatic nitrogens is 1. The largest absolute Gasteiger partial charge is 0.416 e. The van der Waals surface area contributed by atoms with E-state index in [1.165, 1.54) is 6.07 Å². The van der Waals surface area contributed by atoms with Gasteiger partial charge in [0.15, 0.2) is 5.96 Å². The van der Waals surface area contributed by atoms with Crippen molar-refractivity contribution in [3.63, 3.8) is 0 Å². The quantitative estimate of drug-likeness (QED) is 0.468. The number of hydrogen-bond donors (Lipinski definition) is 2. The van der Waals surface area contributed by atoms with Gasteiger partial charge in [0.2, 0.25) is 0 Å². The van der Waals surface area contributed by atoms with Crippen molar-refractivity contribution in [2.75, 3.05) is 13.6 Å². The van der Waals surface area contributed by atoms with Crippen LogP contribution in [0.5, 0.6) is 0 Å². The fraction of sp³-hybridized carbons (Fsp3) is 0.368. The first kappa shape index (κ1) is 20.8. The van der Waals surface area contributed by atoms with E-state index in [1.807, 2.05) is 5.38 Å². The van der Waals surface area contributed by atoms with Gasteiger partial charge in [-0.15, -0.1) is 11.3 Å². The van der Waals surface area contributed by atoms with Gasteiger partial charge in [-0.25, -0.2) is 4.98 Å².